The fourth-order valence-electron chi connectivity index (χ4n) is 1.20. The lowest BCUT2D eigenvalue weighted by atomic mass is 10.3. The van der Waals surface area contributed by atoms with Gasteiger partial charge in [-0.1, -0.05) is 4.68 Å². The average Bonchev–Trinajstić information content (AvgIpc) is 2.27. The quantitative estimate of drug-likeness (QED) is 0.521. The second-order valence-corrected chi connectivity index (χ2v) is 4.90. The van der Waals surface area contributed by atoms with E-state index >= 15 is 0 Å². The van der Waals surface area contributed by atoms with Crippen molar-refractivity contribution in [3.8, 4) is 0 Å². The first-order chi connectivity index (χ1) is 7.92. The summed E-state index contributed by atoms with van der Waals surface area (Å²) in [6, 6.07) is 1.57. The summed E-state index contributed by atoms with van der Waals surface area (Å²) in [5, 5.41) is 6.38. The minimum Gasteiger partial charge on any atom is -0.748 e. The molecule has 8 heteroatoms. The molecule has 0 aliphatic carbocycles. The first-order valence-electron chi connectivity index (χ1n) is 4.94. The molecule has 0 saturated carbocycles. The molecule has 1 N–H and O–H groups in total. The molecule has 0 aliphatic heterocycles. The first kappa shape index (κ1) is 13.5. The van der Waals surface area contributed by atoms with Crippen molar-refractivity contribution in [2.24, 2.45) is 0 Å². The molecule has 94 valence electrons. The number of aromatic nitrogens is 2. The van der Waals surface area contributed by atoms with Crippen molar-refractivity contribution >= 4 is 16.0 Å². The van der Waals surface area contributed by atoms with Crippen LogP contribution in [0.3, 0.4) is 0 Å². The summed E-state index contributed by atoms with van der Waals surface area (Å²) < 4.78 is 32.6. The highest BCUT2D eigenvalue weighted by atomic mass is 32.2. The fraction of sp³-hybridized carbons (Fsp3) is 0.444. The van der Waals surface area contributed by atoms with Crippen LogP contribution in [0.2, 0.25) is 0 Å². The van der Waals surface area contributed by atoms with Crippen LogP contribution < -0.4 is 10.00 Å². The van der Waals surface area contributed by atoms with E-state index in [2.05, 4.69) is 10.4 Å². The molecule has 0 aliphatic rings. The minimum absolute atomic E-state index is 0.197. The SMILES string of the molecule is CNC(=O)c1cc[n+](CCCS(=O)(=O)[O-])nc1. The van der Waals surface area contributed by atoms with Crippen molar-refractivity contribution < 1.29 is 22.4 Å². The number of carbonyl (C=O) groups excluding carboxylic acids is 1. The molecule has 1 rings (SSSR count). The predicted molar refractivity (Wildman–Crippen MR) is 57.0 cm³/mol. The molecule has 7 nitrogen and oxygen atoms in total. The Morgan fingerprint density at radius 1 is 1.59 bits per heavy atom. The zero-order valence-electron chi connectivity index (χ0n) is 9.29. The summed E-state index contributed by atoms with van der Waals surface area (Å²) in [5.74, 6) is -0.661. The number of nitrogens with one attached hydrogen (secondary N) is 1. The fourth-order valence-corrected chi connectivity index (χ4v) is 1.68. The molecule has 0 bridgehead atoms. The number of hydrogen-bond acceptors (Lipinski definition) is 5. The minimum atomic E-state index is -4.18. The van der Waals surface area contributed by atoms with Crippen molar-refractivity contribution in [3.63, 3.8) is 0 Å². The maximum Gasteiger partial charge on any atom is 0.253 e. The Hall–Kier alpha value is -1.54. The molecule has 0 unspecified atom stereocenters. The zero-order valence-corrected chi connectivity index (χ0v) is 10.1. The van der Waals surface area contributed by atoms with Gasteiger partial charge in [0.2, 0.25) is 0 Å². The molecular weight excluding hydrogens is 246 g/mol. The predicted octanol–water partition coefficient (Wildman–Crippen LogP) is -1.34. The molecule has 0 atom stereocenters. The summed E-state index contributed by atoms with van der Waals surface area (Å²) >= 11 is 0. The van der Waals surface area contributed by atoms with E-state index in [0.717, 1.165) is 0 Å². The van der Waals surface area contributed by atoms with Crippen LogP contribution in [0, 0.1) is 0 Å². The third-order valence-corrected chi connectivity index (χ3v) is 2.83. The van der Waals surface area contributed by atoms with Crippen LogP contribution in [0.1, 0.15) is 16.8 Å². The van der Waals surface area contributed by atoms with Crippen LogP contribution in [0.4, 0.5) is 0 Å². The van der Waals surface area contributed by atoms with Crippen molar-refractivity contribution in [1.29, 1.82) is 0 Å². The number of carbonyl (C=O) groups is 1. The van der Waals surface area contributed by atoms with E-state index in [1.54, 1.807) is 12.3 Å². The highest BCUT2D eigenvalue weighted by Gasteiger charge is 2.08. The van der Waals surface area contributed by atoms with Gasteiger partial charge in [0.25, 0.3) is 5.91 Å². The summed E-state index contributed by atoms with van der Waals surface area (Å²) in [6.07, 6.45) is 3.13. The van der Waals surface area contributed by atoms with Crippen LogP contribution in [-0.4, -0.2) is 36.8 Å². The molecule has 0 radical (unpaired) electrons. The lowest BCUT2D eigenvalue weighted by molar-refractivity contribution is -0.753. The largest absolute Gasteiger partial charge is 0.748 e. The van der Waals surface area contributed by atoms with Gasteiger partial charge in [-0.2, -0.15) is 0 Å². The van der Waals surface area contributed by atoms with Gasteiger partial charge < -0.3 is 9.87 Å². The number of amides is 1. The van der Waals surface area contributed by atoms with E-state index in [0.29, 0.717) is 12.1 Å². The number of aryl methyl sites for hydroxylation is 1. The van der Waals surface area contributed by atoms with Gasteiger partial charge in [-0.3, -0.25) is 4.79 Å². The molecule has 1 aromatic heterocycles. The van der Waals surface area contributed by atoms with Crippen LogP contribution in [-0.2, 0) is 16.7 Å². The Bertz CT molecular complexity index is 483. The van der Waals surface area contributed by atoms with Crippen LogP contribution >= 0.6 is 0 Å². The molecule has 0 saturated heterocycles. The van der Waals surface area contributed by atoms with Gasteiger partial charge in [-0.05, 0) is 5.10 Å². The molecule has 1 heterocycles. The Morgan fingerprint density at radius 3 is 2.76 bits per heavy atom. The van der Waals surface area contributed by atoms with Gasteiger partial charge in [0.1, 0.15) is 6.20 Å². The van der Waals surface area contributed by atoms with E-state index in [9.17, 15) is 17.8 Å². The van der Waals surface area contributed by atoms with Gasteiger partial charge in [-0.25, -0.2) is 8.42 Å². The van der Waals surface area contributed by atoms with Crippen LogP contribution in [0.25, 0.3) is 0 Å². The lowest BCUT2D eigenvalue weighted by Crippen LogP contribution is -2.38. The molecule has 1 aromatic rings. The van der Waals surface area contributed by atoms with Crippen LogP contribution in [0.15, 0.2) is 18.5 Å². The molecule has 0 aromatic carbocycles. The standard InChI is InChI=1S/C9H13N3O4S/c1-10-9(13)8-3-5-12(11-7-8)4-2-6-17(14,15)16/h3,5,7H,2,4,6H2,1H3,(H-,10,13,14,15,16). The van der Waals surface area contributed by atoms with Crippen LogP contribution in [0.5, 0.6) is 0 Å². The Kier molecular flexibility index (Phi) is 4.53. The maximum atomic E-state index is 11.2. The van der Waals surface area contributed by atoms with Gasteiger partial charge in [0, 0.05) is 25.3 Å². The van der Waals surface area contributed by atoms with E-state index in [4.69, 9.17) is 0 Å². The lowest BCUT2D eigenvalue weighted by Gasteiger charge is -2.03. The van der Waals surface area contributed by atoms with E-state index in [-0.39, 0.29) is 12.3 Å². The molecule has 0 spiro atoms. The number of nitrogens with zero attached hydrogens (tertiary/aromatic N) is 2. The van der Waals surface area contributed by atoms with E-state index in [1.165, 1.54) is 17.9 Å². The third-order valence-electron chi connectivity index (χ3n) is 2.04. The number of hydrogen-bond donors (Lipinski definition) is 1. The monoisotopic (exact) mass is 259 g/mol. The van der Waals surface area contributed by atoms with E-state index < -0.39 is 15.9 Å². The van der Waals surface area contributed by atoms with E-state index in [1.807, 2.05) is 0 Å². The highest BCUT2D eigenvalue weighted by Crippen LogP contribution is 1.93. The third kappa shape index (κ3) is 4.87. The summed E-state index contributed by atoms with van der Waals surface area (Å²) in [5.41, 5.74) is 0.417. The summed E-state index contributed by atoms with van der Waals surface area (Å²) in [7, 11) is -2.66. The van der Waals surface area contributed by atoms with Crippen molar-refractivity contribution in [2.75, 3.05) is 12.8 Å². The molecular formula is C9H13N3O4S. The first-order valence-corrected chi connectivity index (χ1v) is 6.51. The topological polar surface area (TPSA) is 103 Å². The summed E-state index contributed by atoms with van der Waals surface area (Å²) in [6.45, 7) is 0.315. The average molecular weight is 259 g/mol. The van der Waals surface area contributed by atoms with Gasteiger partial charge in [0.15, 0.2) is 12.7 Å². The Morgan fingerprint density at radius 2 is 2.29 bits per heavy atom. The van der Waals surface area contributed by atoms with Gasteiger partial charge in [0.05, 0.1) is 15.7 Å². The number of rotatable bonds is 5. The van der Waals surface area contributed by atoms with Gasteiger partial charge in [-0.15, -0.1) is 0 Å². The maximum absolute atomic E-state index is 11.2. The molecule has 0 fully saturated rings. The molecule has 1 amide bonds. The normalized spacial score (nSPS) is 11.2. The highest BCUT2D eigenvalue weighted by molar-refractivity contribution is 7.85. The van der Waals surface area contributed by atoms with Crippen molar-refractivity contribution in [1.82, 2.24) is 10.4 Å². The smallest absolute Gasteiger partial charge is 0.253 e. The Balaban J connectivity index is 2.54. The van der Waals surface area contributed by atoms with Gasteiger partial charge >= 0.3 is 0 Å². The molecule has 17 heavy (non-hydrogen) atoms. The second kappa shape index (κ2) is 5.69. The second-order valence-electron chi connectivity index (χ2n) is 3.37. The zero-order chi connectivity index (χ0) is 12.9. The Labute approximate surface area is 99.2 Å². The van der Waals surface area contributed by atoms with Crippen molar-refractivity contribution in [2.45, 2.75) is 13.0 Å². The van der Waals surface area contributed by atoms with Crippen molar-refractivity contribution in [3.05, 3.63) is 24.0 Å². The summed E-state index contributed by atoms with van der Waals surface area (Å²) in [4.78, 5) is 11.2.